The summed E-state index contributed by atoms with van der Waals surface area (Å²) in [7, 11) is 0. The summed E-state index contributed by atoms with van der Waals surface area (Å²) in [6.45, 7) is 5.81. The molecular weight excluding hydrogens is 248 g/mol. The first-order valence-corrected chi connectivity index (χ1v) is 7.12. The van der Waals surface area contributed by atoms with Gasteiger partial charge in [0.1, 0.15) is 5.75 Å². The van der Waals surface area contributed by atoms with E-state index in [1.165, 1.54) is 11.1 Å². The molecule has 1 heterocycles. The van der Waals surface area contributed by atoms with E-state index in [4.69, 9.17) is 4.74 Å². The molecule has 1 unspecified atom stereocenters. The Morgan fingerprint density at radius 2 is 2.15 bits per heavy atom. The molecule has 0 saturated carbocycles. The Labute approximate surface area is 121 Å². The fourth-order valence-electron chi connectivity index (χ4n) is 2.21. The van der Waals surface area contributed by atoms with Crippen LogP contribution in [0, 0.1) is 6.92 Å². The fourth-order valence-corrected chi connectivity index (χ4v) is 2.21. The lowest BCUT2D eigenvalue weighted by Crippen LogP contribution is -2.23. The van der Waals surface area contributed by atoms with E-state index in [9.17, 15) is 0 Å². The standard InChI is InChI=1S/C17H22N2O/c1-3-19-17(15-7-5-10-18-13-15)9-11-20-16-8-4-6-14(2)12-16/h4-8,10,12-13,17,19H,3,9,11H2,1-2H3. The summed E-state index contributed by atoms with van der Waals surface area (Å²) in [4.78, 5) is 4.18. The predicted molar refractivity (Wildman–Crippen MR) is 81.9 cm³/mol. The first-order valence-electron chi connectivity index (χ1n) is 7.12. The van der Waals surface area contributed by atoms with Crippen molar-refractivity contribution in [2.45, 2.75) is 26.3 Å². The SMILES string of the molecule is CCNC(CCOc1cccc(C)c1)c1cccnc1. The van der Waals surface area contributed by atoms with Crippen LogP contribution >= 0.6 is 0 Å². The van der Waals surface area contributed by atoms with Gasteiger partial charge in [0.2, 0.25) is 0 Å². The van der Waals surface area contributed by atoms with Gasteiger partial charge in [0.15, 0.2) is 0 Å². The third-order valence-electron chi connectivity index (χ3n) is 3.20. The summed E-state index contributed by atoms with van der Waals surface area (Å²) in [5, 5.41) is 3.48. The van der Waals surface area contributed by atoms with Crippen LogP contribution in [0.5, 0.6) is 5.75 Å². The van der Waals surface area contributed by atoms with Crippen LogP contribution in [0.25, 0.3) is 0 Å². The second-order valence-electron chi connectivity index (χ2n) is 4.85. The predicted octanol–water partition coefficient (Wildman–Crippen LogP) is 3.51. The van der Waals surface area contributed by atoms with Crippen LogP contribution in [0.2, 0.25) is 0 Å². The molecule has 0 fully saturated rings. The van der Waals surface area contributed by atoms with Crippen molar-refractivity contribution < 1.29 is 4.74 Å². The highest BCUT2D eigenvalue weighted by atomic mass is 16.5. The molecular formula is C17H22N2O. The van der Waals surface area contributed by atoms with Crippen LogP contribution in [0.15, 0.2) is 48.8 Å². The molecule has 2 rings (SSSR count). The van der Waals surface area contributed by atoms with Gasteiger partial charge in [-0.2, -0.15) is 0 Å². The molecule has 106 valence electrons. The van der Waals surface area contributed by atoms with E-state index in [0.29, 0.717) is 12.6 Å². The first-order chi connectivity index (χ1) is 9.79. The zero-order valence-corrected chi connectivity index (χ0v) is 12.2. The molecule has 0 aliphatic heterocycles. The number of pyridine rings is 1. The minimum Gasteiger partial charge on any atom is -0.494 e. The molecule has 0 amide bonds. The Morgan fingerprint density at radius 1 is 1.25 bits per heavy atom. The monoisotopic (exact) mass is 270 g/mol. The lowest BCUT2D eigenvalue weighted by atomic mass is 10.1. The van der Waals surface area contributed by atoms with Gasteiger partial charge in [0.25, 0.3) is 0 Å². The van der Waals surface area contributed by atoms with Gasteiger partial charge in [0, 0.05) is 24.9 Å². The van der Waals surface area contributed by atoms with Crippen molar-refractivity contribution in [1.82, 2.24) is 10.3 Å². The van der Waals surface area contributed by atoms with E-state index in [-0.39, 0.29) is 0 Å². The van der Waals surface area contributed by atoms with Crippen LogP contribution in [-0.2, 0) is 0 Å². The van der Waals surface area contributed by atoms with Gasteiger partial charge in [-0.25, -0.2) is 0 Å². The van der Waals surface area contributed by atoms with Crippen molar-refractivity contribution >= 4 is 0 Å². The van der Waals surface area contributed by atoms with Crippen molar-refractivity contribution in [1.29, 1.82) is 0 Å². The molecule has 0 spiro atoms. The van der Waals surface area contributed by atoms with Gasteiger partial charge in [-0.3, -0.25) is 4.98 Å². The molecule has 1 N–H and O–H groups in total. The zero-order chi connectivity index (χ0) is 14.2. The average Bonchev–Trinajstić information content (AvgIpc) is 2.47. The van der Waals surface area contributed by atoms with Crippen LogP contribution < -0.4 is 10.1 Å². The van der Waals surface area contributed by atoms with E-state index in [1.54, 1.807) is 6.20 Å². The van der Waals surface area contributed by atoms with E-state index in [2.05, 4.69) is 42.3 Å². The van der Waals surface area contributed by atoms with Crippen LogP contribution in [-0.4, -0.2) is 18.1 Å². The van der Waals surface area contributed by atoms with Crippen LogP contribution in [0.1, 0.15) is 30.5 Å². The normalized spacial score (nSPS) is 12.1. The minimum absolute atomic E-state index is 0.290. The summed E-state index contributed by atoms with van der Waals surface area (Å²) in [5.41, 5.74) is 2.43. The van der Waals surface area contributed by atoms with Crippen molar-refractivity contribution in [2.24, 2.45) is 0 Å². The Morgan fingerprint density at radius 3 is 2.85 bits per heavy atom. The maximum Gasteiger partial charge on any atom is 0.119 e. The number of nitrogens with one attached hydrogen (secondary N) is 1. The molecule has 2 aromatic rings. The van der Waals surface area contributed by atoms with Gasteiger partial charge in [-0.05, 0) is 42.8 Å². The molecule has 3 nitrogen and oxygen atoms in total. The van der Waals surface area contributed by atoms with E-state index in [0.717, 1.165) is 18.7 Å². The van der Waals surface area contributed by atoms with Gasteiger partial charge in [-0.1, -0.05) is 25.1 Å². The summed E-state index contributed by atoms with van der Waals surface area (Å²) in [6.07, 6.45) is 4.64. The topological polar surface area (TPSA) is 34.1 Å². The first kappa shape index (κ1) is 14.5. The van der Waals surface area contributed by atoms with Gasteiger partial charge < -0.3 is 10.1 Å². The quantitative estimate of drug-likeness (QED) is 0.836. The third-order valence-corrected chi connectivity index (χ3v) is 3.20. The number of aromatic nitrogens is 1. The van der Waals surface area contributed by atoms with Crippen LogP contribution in [0.3, 0.4) is 0 Å². The van der Waals surface area contributed by atoms with Gasteiger partial charge >= 0.3 is 0 Å². The highest BCUT2D eigenvalue weighted by Gasteiger charge is 2.10. The number of nitrogens with zero attached hydrogens (tertiary/aromatic N) is 1. The lowest BCUT2D eigenvalue weighted by molar-refractivity contribution is 0.287. The second kappa shape index (κ2) is 7.65. The average molecular weight is 270 g/mol. The Bertz CT molecular complexity index is 513. The number of ether oxygens (including phenoxy) is 1. The second-order valence-corrected chi connectivity index (χ2v) is 4.85. The lowest BCUT2D eigenvalue weighted by Gasteiger charge is -2.18. The molecule has 1 aromatic heterocycles. The number of rotatable bonds is 7. The molecule has 0 aliphatic rings. The Hall–Kier alpha value is -1.87. The van der Waals surface area contributed by atoms with E-state index >= 15 is 0 Å². The Balaban J connectivity index is 1.90. The molecule has 20 heavy (non-hydrogen) atoms. The molecule has 1 atom stereocenters. The van der Waals surface area contributed by atoms with Crippen molar-refractivity contribution in [3.8, 4) is 5.75 Å². The summed E-state index contributed by atoms with van der Waals surface area (Å²) in [6, 6.07) is 12.5. The summed E-state index contributed by atoms with van der Waals surface area (Å²) >= 11 is 0. The smallest absolute Gasteiger partial charge is 0.119 e. The van der Waals surface area contributed by atoms with E-state index in [1.807, 2.05) is 24.4 Å². The molecule has 0 radical (unpaired) electrons. The van der Waals surface area contributed by atoms with Crippen LogP contribution in [0.4, 0.5) is 0 Å². The van der Waals surface area contributed by atoms with Gasteiger partial charge in [0.05, 0.1) is 6.61 Å². The highest BCUT2D eigenvalue weighted by molar-refractivity contribution is 5.27. The van der Waals surface area contributed by atoms with Gasteiger partial charge in [-0.15, -0.1) is 0 Å². The maximum atomic E-state index is 5.82. The molecule has 0 saturated heterocycles. The Kier molecular flexibility index (Phi) is 5.56. The molecule has 3 heteroatoms. The minimum atomic E-state index is 0.290. The van der Waals surface area contributed by atoms with E-state index < -0.39 is 0 Å². The zero-order valence-electron chi connectivity index (χ0n) is 12.2. The largest absolute Gasteiger partial charge is 0.494 e. The maximum absolute atomic E-state index is 5.82. The molecule has 0 aliphatic carbocycles. The number of hydrogen-bond donors (Lipinski definition) is 1. The number of aryl methyl sites for hydroxylation is 1. The van der Waals surface area contributed by atoms with Crippen molar-refractivity contribution in [2.75, 3.05) is 13.2 Å². The molecule has 1 aromatic carbocycles. The fraction of sp³-hybridized carbons (Fsp3) is 0.353. The number of benzene rings is 1. The van der Waals surface area contributed by atoms with Crippen molar-refractivity contribution in [3.63, 3.8) is 0 Å². The summed E-state index contributed by atoms with van der Waals surface area (Å²) in [5.74, 6) is 0.937. The van der Waals surface area contributed by atoms with Crippen molar-refractivity contribution in [3.05, 3.63) is 59.9 Å². The third kappa shape index (κ3) is 4.35. The summed E-state index contributed by atoms with van der Waals surface area (Å²) < 4.78 is 5.82. The number of hydrogen-bond acceptors (Lipinski definition) is 3. The highest BCUT2D eigenvalue weighted by Crippen LogP contribution is 2.17. The molecule has 0 bridgehead atoms.